The van der Waals surface area contributed by atoms with E-state index in [0.29, 0.717) is 12.1 Å². The van der Waals surface area contributed by atoms with Gasteiger partial charge < -0.3 is 10.2 Å². The largest absolute Gasteiger partial charge is 0.310 e. The molecule has 3 rings (SSSR count). The van der Waals surface area contributed by atoms with Gasteiger partial charge in [0.25, 0.3) is 0 Å². The summed E-state index contributed by atoms with van der Waals surface area (Å²) in [6.45, 7) is 9.82. The SMILES string of the molecule is Cc1cc2ncc(CNC3CCN(C(C)C)CC3)cn2n1. The third kappa shape index (κ3) is 3.41. The van der Waals surface area contributed by atoms with E-state index in [-0.39, 0.29) is 0 Å². The Balaban J connectivity index is 1.54. The lowest BCUT2D eigenvalue weighted by Crippen LogP contribution is -2.44. The number of aryl methyl sites for hydroxylation is 1. The van der Waals surface area contributed by atoms with Crippen molar-refractivity contribution in [1.82, 2.24) is 24.8 Å². The van der Waals surface area contributed by atoms with E-state index in [4.69, 9.17) is 0 Å². The molecule has 5 heteroatoms. The third-order valence-corrected chi connectivity index (χ3v) is 4.34. The number of piperidine rings is 1. The maximum atomic E-state index is 4.45. The third-order valence-electron chi connectivity index (χ3n) is 4.34. The first kappa shape index (κ1) is 14.5. The lowest BCUT2D eigenvalue weighted by molar-refractivity contribution is 0.161. The molecule has 0 saturated carbocycles. The molecule has 0 amide bonds. The van der Waals surface area contributed by atoms with Crippen molar-refractivity contribution >= 4 is 5.65 Å². The second kappa shape index (κ2) is 6.12. The van der Waals surface area contributed by atoms with Crippen LogP contribution in [0.15, 0.2) is 18.5 Å². The van der Waals surface area contributed by atoms with Crippen LogP contribution >= 0.6 is 0 Å². The number of aromatic nitrogens is 3. The Morgan fingerprint density at radius 1 is 1.33 bits per heavy atom. The van der Waals surface area contributed by atoms with Crippen LogP contribution in [0.2, 0.25) is 0 Å². The maximum absolute atomic E-state index is 4.45. The molecule has 0 bridgehead atoms. The molecule has 21 heavy (non-hydrogen) atoms. The molecule has 0 unspecified atom stereocenters. The van der Waals surface area contributed by atoms with E-state index in [0.717, 1.165) is 17.9 Å². The molecule has 2 aromatic rings. The Bertz CT molecular complexity index is 596. The van der Waals surface area contributed by atoms with Crippen LogP contribution < -0.4 is 5.32 Å². The van der Waals surface area contributed by atoms with E-state index in [2.05, 4.69) is 40.3 Å². The van der Waals surface area contributed by atoms with E-state index in [1.807, 2.05) is 23.7 Å². The molecule has 0 aromatic carbocycles. The molecule has 3 heterocycles. The first-order valence-electron chi connectivity index (χ1n) is 7.90. The molecule has 0 atom stereocenters. The lowest BCUT2D eigenvalue weighted by atomic mass is 10.0. The smallest absolute Gasteiger partial charge is 0.155 e. The lowest BCUT2D eigenvalue weighted by Gasteiger charge is -2.35. The highest BCUT2D eigenvalue weighted by Crippen LogP contribution is 2.13. The molecule has 1 fully saturated rings. The summed E-state index contributed by atoms with van der Waals surface area (Å²) in [5.41, 5.74) is 3.12. The number of hydrogen-bond donors (Lipinski definition) is 1. The van der Waals surface area contributed by atoms with Gasteiger partial charge in [0, 0.05) is 42.7 Å². The quantitative estimate of drug-likeness (QED) is 0.934. The van der Waals surface area contributed by atoms with Crippen molar-refractivity contribution in [3.8, 4) is 0 Å². The van der Waals surface area contributed by atoms with Crippen molar-refractivity contribution in [3.05, 3.63) is 29.7 Å². The standard InChI is InChI=1S/C16H25N5/c1-12(2)20-6-4-15(5-7-20)17-9-14-10-18-16-8-13(3)19-21(16)11-14/h8,10-12,15,17H,4-7,9H2,1-3H3. The predicted octanol–water partition coefficient (Wildman–Crippen LogP) is 2.00. The Hall–Kier alpha value is -1.46. The van der Waals surface area contributed by atoms with Gasteiger partial charge in [0.15, 0.2) is 5.65 Å². The fourth-order valence-corrected chi connectivity index (χ4v) is 3.01. The van der Waals surface area contributed by atoms with E-state index < -0.39 is 0 Å². The van der Waals surface area contributed by atoms with Crippen molar-refractivity contribution in [2.45, 2.75) is 52.2 Å². The fourth-order valence-electron chi connectivity index (χ4n) is 3.01. The number of rotatable bonds is 4. The number of hydrogen-bond acceptors (Lipinski definition) is 4. The van der Waals surface area contributed by atoms with Gasteiger partial charge in [-0.2, -0.15) is 5.10 Å². The van der Waals surface area contributed by atoms with E-state index >= 15 is 0 Å². The highest BCUT2D eigenvalue weighted by molar-refractivity contribution is 5.38. The Morgan fingerprint density at radius 2 is 2.10 bits per heavy atom. The Labute approximate surface area is 126 Å². The minimum atomic E-state index is 0.620. The number of nitrogens with zero attached hydrogens (tertiary/aromatic N) is 4. The van der Waals surface area contributed by atoms with Crippen molar-refractivity contribution in [2.24, 2.45) is 0 Å². The number of likely N-dealkylation sites (tertiary alicyclic amines) is 1. The van der Waals surface area contributed by atoms with Gasteiger partial charge >= 0.3 is 0 Å². The summed E-state index contributed by atoms with van der Waals surface area (Å²) in [4.78, 5) is 7.01. The van der Waals surface area contributed by atoms with Crippen LogP contribution in [0.3, 0.4) is 0 Å². The minimum absolute atomic E-state index is 0.620. The van der Waals surface area contributed by atoms with Gasteiger partial charge in [-0.1, -0.05) is 0 Å². The van der Waals surface area contributed by atoms with Crippen LogP contribution in [-0.4, -0.2) is 44.7 Å². The summed E-state index contributed by atoms with van der Waals surface area (Å²) < 4.78 is 1.87. The van der Waals surface area contributed by atoms with Gasteiger partial charge in [0.1, 0.15) is 0 Å². The van der Waals surface area contributed by atoms with Gasteiger partial charge in [0.05, 0.1) is 5.69 Å². The zero-order valence-corrected chi connectivity index (χ0v) is 13.2. The van der Waals surface area contributed by atoms with Crippen LogP contribution in [0.4, 0.5) is 0 Å². The Morgan fingerprint density at radius 3 is 2.81 bits per heavy atom. The van der Waals surface area contributed by atoms with Gasteiger partial charge in [-0.25, -0.2) is 9.50 Å². The van der Waals surface area contributed by atoms with Crippen LogP contribution in [0.1, 0.15) is 37.9 Å². The molecular weight excluding hydrogens is 262 g/mol. The molecular formula is C16H25N5. The van der Waals surface area contributed by atoms with Gasteiger partial charge in [-0.05, 0) is 46.7 Å². The molecule has 1 N–H and O–H groups in total. The van der Waals surface area contributed by atoms with Crippen molar-refractivity contribution in [1.29, 1.82) is 0 Å². The van der Waals surface area contributed by atoms with Crippen molar-refractivity contribution in [3.63, 3.8) is 0 Å². The highest BCUT2D eigenvalue weighted by atomic mass is 15.2. The first-order chi connectivity index (χ1) is 10.1. The molecule has 2 aromatic heterocycles. The summed E-state index contributed by atoms with van der Waals surface area (Å²) >= 11 is 0. The summed E-state index contributed by atoms with van der Waals surface area (Å²) in [5.74, 6) is 0. The molecule has 0 radical (unpaired) electrons. The minimum Gasteiger partial charge on any atom is -0.310 e. The van der Waals surface area contributed by atoms with Crippen molar-refractivity contribution in [2.75, 3.05) is 13.1 Å². The zero-order chi connectivity index (χ0) is 14.8. The van der Waals surface area contributed by atoms with Gasteiger partial charge in [-0.3, -0.25) is 0 Å². The maximum Gasteiger partial charge on any atom is 0.155 e. The average molecular weight is 287 g/mol. The van der Waals surface area contributed by atoms with E-state index in [9.17, 15) is 0 Å². The highest BCUT2D eigenvalue weighted by Gasteiger charge is 2.20. The molecule has 0 aliphatic carbocycles. The summed E-state index contributed by atoms with van der Waals surface area (Å²) in [5, 5.41) is 8.08. The molecule has 114 valence electrons. The number of nitrogens with one attached hydrogen (secondary N) is 1. The van der Waals surface area contributed by atoms with Crippen LogP contribution in [0.5, 0.6) is 0 Å². The van der Waals surface area contributed by atoms with Gasteiger partial charge in [0.2, 0.25) is 0 Å². The number of fused-ring (bicyclic) bond motifs is 1. The topological polar surface area (TPSA) is 45.5 Å². The second-order valence-electron chi connectivity index (χ2n) is 6.34. The summed E-state index contributed by atoms with van der Waals surface area (Å²) in [6, 6.07) is 3.29. The molecule has 1 aliphatic heterocycles. The van der Waals surface area contributed by atoms with Crippen LogP contribution in [-0.2, 0) is 6.54 Å². The Kier molecular flexibility index (Phi) is 4.22. The predicted molar refractivity (Wildman–Crippen MR) is 84.3 cm³/mol. The second-order valence-corrected chi connectivity index (χ2v) is 6.34. The molecule has 0 spiro atoms. The van der Waals surface area contributed by atoms with E-state index in [1.165, 1.54) is 31.5 Å². The molecule has 1 saturated heterocycles. The van der Waals surface area contributed by atoms with E-state index in [1.54, 1.807) is 0 Å². The van der Waals surface area contributed by atoms with Crippen LogP contribution in [0, 0.1) is 6.92 Å². The first-order valence-corrected chi connectivity index (χ1v) is 7.90. The van der Waals surface area contributed by atoms with Crippen LogP contribution in [0.25, 0.3) is 5.65 Å². The van der Waals surface area contributed by atoms with Gasteiger partial charge in [-0.15, -0.1) is 0 Å². The molecule has 5 nitrogen and oxygen atoms in total. The van der Waals surface area contributed by atoms with Crippen molar-refractivity contribution < 1.29 is 0 Å². The fraction of sp³-hybridized carbons (Fsp3) is 0.625. The normalized spacial score (nSPS) is 17.9. The summed E-state index contributed by atoms with van der Waals surface area (Å²) in [7, 11) is 0. The summed E-state index contributed by atoms with van der Waals surface area (Å²) in [6.07, 6.45) is 6.49. The molecule has 1 aliphatic rings. The average Bonchev–Trinajstić information content (AvgIpc) is 2.84. The monoisotopic (exact) mass is 287 g/mol. The zero-order valence-electron chi connectivity index (χ0n) is 13.2.